The quantitative estimate of drug-likeness (QED) is 0.913. The van der Waals surface area contributed by atoms with Crippen molar-refractivity contribution in [3.63, 3.8) is 0 Å². The van der Waals surface area contributed by atoms with Crippen LogP contribution in [0.5, 0.6) is 0 Å². The zero-order valence-corrected chi connectivity index (χ0v) is 10.8. The first-order chi connectivity index (χ1) is 8.74. The van der Waals surface area contributed by atoms with Gasteiger partial charge in [-0.05, 0) is 24.2 Å². The Balaban J connectivity index is 2.45. The van der Waals surface area contributed by atoms with E-state index in [9.17, 15) is 4.39 Å². The molecular weight excluding hydrogens is 251 g/mol. The second kappa shape index (κ2) is 5.94. The summed E-state index contributed by atoms with van der Waals surface area (Å²) >= 11 is 5.83. The molecule has 0 fully saturated rings. The highest BCUT2D eigenvalue weighted by atomic mass is 35.5. The minimum absolute atomic E-state index is 0.138. The van der Waals surface area contributed by atoms with E-state index in [2.05, 4.69) is 10.3 Å². The SMILES string of the molecule is CCNC(c1cccnc1)c1cccc(Cl)c1F. The van der Waals surface area contributed by atoms with Gasteiger partial charge in [-0.15, -0.1) is 0 Å². The summed E-state index contributed by atoms with van der Waals surface area (Å²) in [5.41, 5.74) is 1.46. The third-order valence-corrected chi connectivity index (χ3v) is 3.01. The maximum absolute atomic E-state index is 14.1. The smallest absolute Gasteiger partial charge is 0.146 e. The normalized spacial score (nSPS) is 12.4. The van der Waals surface area contributed by atoms with E-state index < -0.39 is 0 Å². The van der Waals surface area contributed by atoms with Crippen molar-refractivity contribution in [1.29, 1.82) is 0 Å². The number of hydrogen-bond acceptors (Lipinski definition) is 2. The Labute approximate surface area is 111 Å². The van der Waals surface area contributed by atoms with Crippen LogP contribution in [0.3, 0.4) is 0 Å². The zero-order valence-electron chi connectivity index (χ0n) is 10.0. The highest BCUT2D eigenvalue weighted by molar-refractivity contribution is 6.30. The first-order valence-corrected chi connectivity index (χ1v) is 6.19. The Morgan fingerprint density at radius 2 is 2.17 bits per heavy atom. The van der Waals surface area contributed by atoms with Gasteiger partial charge in [0.25, 0.3) is 0 Å². The molecule has 94 valence electrons. The van der Waals surface area contributed by atoms with Gasteiger partial charge in [-0.1, -0.05) is 36.7 Å². The molecule has 4 heteroatoms. The van der Waals surface area contributed by atoms with Crippen LogP contribution in [0, 0.1) is 5.82 Å². The topological polar surface area (TPSA) is 24.9 Å². The molecule has 1 aromatic carbocycles. The van der Waals surface area contributed by atoms with E-state index in [0.29, 0.717) is 5.56 Å². The van der Waals surface area contributed by atoms with Crippen LogP contribution in [0.2, 0.25) is 5.02 Å². The van der Waals surface area contributed by atoms with Crippen molar-refractivity contribution in [3.8, 4) is 0 Å². The molecule has 0 aliphatic rings. The maximum atomic E-state index is 14.1. The van der Waals surface area contributed by atoms with Gasteiger partial charge >= 0.3 is 0 Å². The molecule has 0 bridgehead atoms. The summed E-state index contributed by atoms with van der Waals surface area (Å²) in [5, 5.41) is 3.38. The van der Waals surface area contributed by atoms with Crippen LogP contribution in [0.15, 0.2) is 42.7 Å². The molecule has 2 rings (SSSR count). The van der Waals surface area contributed by atoms with E-state index in [1.54, 1.807) is 30.6 Å². The van der Waals surface area contributed by atoms with Gasteiger partial charge in [0.1, 0.15) is 5.82 Å². The third kappa shape index (κ3) is 2.68. The first-order valence-electron chi connectivity index (χ1n) is 5.81. The summed E-state index contributed by atoms with van der Waals surface area (Å²) in [5.74, 6) is -0.381. The number of aromatic nitrogens is 1. The minimum Gasteiger partial charge on any atom is -0.306 e. The van der Waals surface area contributed by atoms with Crippen LogP contribution in [-0.4, -0.2) is 11.5 Å². The fourth-order valence-electron chi connectivity index (χ4n) is 1.90. The van der Waals surface area contributed by atoms with Crippen molar-refractivity contribution in [1.82, 2.24) is 10.3 Å². The number of rotatable bonds is 4. The lowest BCUT2D eigenvalue weighted by atomic mass is 9.99. The number of nitrogens with zero attached hydrogens (tertiary/aromatic N) is 1. The molecule has 0 spiro atoms. The standard InChI is InChI=1S/C14H14ClFN2/c1-2-18-14(10-5-4-8-17-9-10)11-6-3-7-12(15)13(11)16/h3-9,14,18H,2H2,1H3. The van der Waals surface area contributed by atoms with Crippen molar-refractivity contribution in [3.05, 3.63) is 64.7 Å². The molecule has 1 heterocycles. The molecule has 0 aliphatic carbocycles. The fourth-order valence-corrected chi connectivity index (χ4v) is 2.08. The second-order valence-corrected chi connectivity index (χ2v) is 4.33. The number of pyridine rings is 1. The molecule has 1 aromatic heterocycles. The molecule has 2 aromatic rings. The lowest BCUT2D eigenvalue weighted by Crippen LogP contribution is -2.23. The van der Waals surface area contributed by atoms with Gasteiger partial charge in [-0.3, -0.25) is 4.98 Å². The van der Waals surface area contributed by atoms with Gasteiger partial charge in [0.15, 0.2) is 0 Å². The number of halogens is 2. The summed E-state index contributed by atoms with van der Waals surface area (Å²) in [6, 6.07) is 8.56. The highest BCUT2D eigenvalue weighted by Crippen LogP contribution is 2.27. The third-order valence-electron chi connectivity index (χ3n) is 2.72. The predicted molar refractivity (Wildman–Crippen MR) is 71.2 cm³/mol. The van der Waals surface area contributed by atoms with Crippen LogP contribution in [0.4, 0.5) is 4.39 Å². The first kappa shape index (κ1) is 13.0. The van der Waals surface area contributed by atoms with E-state index in [0.717, 1.165) is 12.1 Å². The van der Waals surface area contributed by atoms with Gasteiger partial charge in [-0.25, -0.2) is 4.39 Å². The Morgan fingerprint density at radius 3 is 2.83 bits per heavy atom. The summed E-state index contributed by atoms with van der Waals surface area (Å²) in [6.45, 7) is 2.71. The van der Waals surface area contributed by atoms with E-state index >= 15 is 0 Å². The lowest BCUT2D eigenvalue weighted by molar-refractivity contribution is 0.558. The molecule has 18 heavy (non-hydrogen) atoms. The highest BCUT2D eigenvalue weighted by Gasteiger charge is 2.18. The van der Waals surface area contributed by atoms with Gasteiger partial charge in [0.05, 0.1) is 11.1 Å². The van der Waals surface area contributed by atoms with E-state index in [-0.39, 0.29) is 16.9 Å². The van der Waals surface area contributed by atoms with Gasteiger partial charge < -0.3 is 5.32 Å². The lowest BCUT2D eigenvalue weighted by Gasteiger charge is -2.19. The number of hydrogen-bond donors (Lipinski definition) is 1. The largest absolute Gasteiger partial charge is 0.306 e. The Morgan fingerprint density at radius 1 is 1.33 bits per heavy atom. The van der Waals surface area contributed by atoms with Crippen LogP contribution in [0.25, 0.3) is 0 Å². The summed E-state index contributed by atoms with van der Waals surface area (Å²) in [7, 11) is 0. The predicted octanol–water partition coefficient (Wildman–Crippen LogP) is 3.57. The van der Waals surface area contributed by atoms with Crippen molar-refractivity contribution in [2.75, 3.05) is 6.54 Å². The molecular formula is C14H14ClFN2. The van der Waals surface area contributed by atoms with E-state index in [1.807, 2.05) is 19.1 Å². The minimum atomic E-state index is -0.381. The molecule has 2 nitrogen and oxygen atoms in total. The average molecular weight is 265 g/mol. The summed E-state index contributed by atoms with van der Waals surface area (Å²) in [4.78, 5) is 4.07. The maximum Gasteiger partial charge on any atom is 0.146 e. The van der Waals surface area contributed by atoms with Crippen molar-refractivity contribution in [2.45, 2.75) is 13.0 Å². The van der Waals surface area contributed by atoms with E-state index in [4.69, 9.17) is 11.6 Å². The van der Waals surface area contributed by atoms with Crippen LogP contribution < -0.4 is 5.32 Å². The summed E-state index contributed by atoms with van der Waals surface area (Å²) < 4.78 is 14.1. The zero-order chi connectivity index (χ0) is 13.0. The van der Waals surface area contributed by atoms with Crippen molar-refractivity contribution >= 4 is 11.6 Å². The number of nitrogens with one attached hydrogen (secondary N) is 1. The van der Waals surface area contributed by atoms with E-state index in [1.165, 1.54) is 0 Å². The fraction of sp³-hybridized carbons (Fsp3) is 0.214. The Hall–Kier alpha value is -1.45. The molecule has 0 amide bonds. The van der Waals surface area contributed by atoms with Crippen molar-refractivity contribution in [2.24, 2.45) is 0 Å². The van der Waals surface area contributed by atoms with Crippen LogP contribution in [-0.2, 0) is 0 Å². The molecule has 1 atom stereocenters. The van der Waals surface area contributed by atoms with Gasteiger partial charge in [0, 0.05) is 18.0 Å². The molecule has 0 aliphatic heterocycles. The monoisotopic (exact) mass is 264 g/mol. The van der Waals surface area contributed by atoms with Crippen LogP contribution in [0.1, 0.15) is 24.1 Å². The summed E-state index contributed by atoms with van der Waals surface area (Å²) in [6.07, 6.45) is 3.43. The Bertz CT molecular complexity index is 516. The molecule has 0 saturated carbocycles. The van der Waals surface area contributed by atoms with Crippen LogP contribution >= 0.6 is 11.6 Å². The Kier molecular flexibility index (Phi) is 4.28. The molecule has 1 N–H and O–H groups in total. The van der Waals surface area contributed by atoms with Gasteiger partial charge in [-0.2, -0.15) is 0 Å². The van der Waals surface area contributed by atoms with Crippen molar-refractivity contribution < 1.29 is 4.39 Å². The second-order valence-electron chi connectivity index (χ2n) is 3.92. The average Bonchev–Trinajstić information content (AvgIpc) is 2.41. The molecule has 0 radical (unpaired) electrons. The molecule has 0 saturated heterocycles. The number of benzene rings is 1. The van der Waals surface area contributed by atoms with Gasteiger partial charge in [0.2, 0.25) is 0 Å². The molecule has 1 unspecified atom stereocenters.